The van der Waals surface area contributed by atoms with Crippen molar-refractivity contribution in [2.75, 3.05) is 0 Å². The number of hydrogen-bond acceptors (Lipinski definition) is 2. The molecule has 0 radical (unpaired) electrons. The molecule has 0 atom stereocenters. The van der Waals surface area contributed by atoms with E-state index >= 15 is 0 Å². The minimum absolute atomic E-state index is 0.0157. The first-order chi connectivity index (χ1) is 6.66. The highest BCUT2D eigenvalue weighted by molar-refractivity contribution is 7.92. The molecule has 1 aromatic rings. The van der Waals surface area contributed by atoms with Crippen molar-refractivity contribution in [3.8, 4) is 0 Å². The Morgan fingerprint density at radius 3 is 2.07 bits per heavy atom. The molecule has 0 spiro atoms. The van der Waals surface area contributed by atoms with Crippen LogP contribution in [0.4, 0.5) is 22.0 Å². The highest BCUT2D eigenvalue weighted by Gasteiger charge is 2.48. The normalized spacial score (nSPS) is 12.9. The van der Waals surface area contributed by atoms with Gasteiger partial charge in [0, 0.05) is 0 Å². The number of sulfone groups is 1. The molecule has 0 aliphatic carbocycles. The fraction of sp³-hybridized carbons (Fsp3) is 0.143. The summed E-state index contributed by atoms with van der Waals surface area (Å²) in [6.45, 7) is 0. The topological polar surface area (TPSA) is 34.1 Å². The second kappa shape index (κ2) is 3.44. The summed E-state index contributed by atoms with van der Waals surface area (Å²) in [5.41, 5.74) is -5.65. The molecule has 1 rings (SSSR count). The second-order valence-corrected chi connectivity index (χ2v) is 4.43. The van der Waals surface area contributed by atoms with Gasteiger partial charge in [-0.3, -0.25) is 0 Å². The van der Waals surface area contributed by atoms with Crippen LogP contribution in [0.15, 0.2) is 23.1 Å². The first-order valence-electron chi connectivity index (χ1n) is 3.42. The molecule has 0 saturated carbocycles. The third-order valence-electron chi connectivity index (χ3n) is 1.49. The van der Waals surface area contributed by atoms with Gasteiger partial charge in [-0.2, -0.15) is 13.2 Å². The molecule has 0 N–H and O–H groups in total. The zero-order valence-electron chi connectivity index (χ0n) is 6.85. The van der Waals surface area contributed by atoms with Gasteiger partial charge < -0.3 is 0 Å². The average molecular weight is 246 g/mol. The van der Waals surface area contributed by atoms with Crippen LogP contribution >= 0.6 is 0 Å². The summed E-state index contributed by atoms with van der Waals surface area (Å²) < 4.78 is 82.5. The van der Waals surface area contributed by atoms with E-state index in [-0.39, 0.29) is 6.07 Å². The third-order valence-corrected chi connectivity index (χ3v) is 2.99. The van der Waals surface area contributed by atoms with Crippen LogP contribution in [0.1, 0.15) is 0 Å². The van der Waals surface area contributed by atoms with Gasteiger partial charge in [-0.05, 0) is 18.2 Å². The molecule has 0 amide bonds. The van der Waals surface area contributed by atoms with E-state index in [1.54, 1.807) is 0 Å². The number of alkyl halides is 3. The van der Waals surface area contributed by atoms with E-state index < -0.39 is 31.9 Å². The van der Waals surface area contributed by atoms with Crippen molar-refractivity contribution in [3.05, 3.63) is 29.8 Å². The average Bonchev–Trinajstić information content (AvgIpc) is 2.07. The lowest BCUT2D eigenvalue weighted by atomic mass is 10.3. The summed E-state index contributed by atoms with van der Waals surface area (Å²) >= 11 is 0. The minimum Gasteiger partial charge on any atom is -0.214 e. The van der Waals surface area contributed by atoms with E-state index in [1.807, 2.05) is 0 Å². The monoisotopic (exact) mass is 246 g/mol. The van der Waals surface area contributed by atoms with Crippen molar-refractivity contribution in [1.82, 2.24) is 0 Å². The Labute approximate surface area is 81.2 Å². The summed E-state index contributed by atoms with van der Waals surface area (Å²) in [6.07, 6.45) is 0. The third kappa shape index (κ3) is 2.09. The van der Waals surface area contributed by atoms with Crippen LogP contribution in [0, 0.1) is 11.6 Å². The Bertz CT molecular complexity index is 477. The molecule has 15 heavy (non-hydrogen) atoms. The fourth-order valence-corrected chi connectivity index (χ4v) is 1.65. The first-order valence-corrected chi connectivity index (χ1v) is 4.91. The van der Waals surface area contributed by atoms with Crippen molar-refractivity contribution in [2.45, 2.75) is 10.4 Å². The summed E-state index contributed by atoms with van der Waals surface area (Å²) in [5.74, 6) is -2.91. The summed E-state index contributed by atoms with van der Waals surface area (Å²) in [4.78, 5) is -1.71. The molecule has 0 bridgehead atoms. The van der Waals surface area contributed by atoms with Crippen LogP contribution < -0.4 is 0 Å². The van der Waals surface area contributed by atoms with Gasteiger partial charge in [0.1, 0.15) is 16.5 Å². The SMILES string of the molecule is O=S(=O)(c1cc(F)ccc1F)C(F)(F)F. The number of benzene rings is 1. The molecule has 0 aliphatic heterocycles. The molecule has 0 aromatic heterocycles. The zero-order valence-corrected chi connectivity index (χ0v) is 7.66. The van der Waals surface area contributed by atoms with Crippen LogP contribution in [0.5, 0.6) is 0 Å². The number of hydrogen-bond donors (Lipinski definition) is 0. The largest absolute Gasteiger partial charge is 0.502 e. The Morgan fingerprint density at radius 2 is 1.60 bits per heavy atom. The molecule has 1 aromatic carbocycles. The molecular formula is C7H3F5O2S. The van der Waals surface area contributed by atoms with Crippen molar-refractivity contribution in [2.24, 2.45) is 0 Å². The first kappa shape index (κ1) is 11.9. The fourth-order valence-electron chi connectivity index (χ4n) is 0.808. The van der Waals surface area contributed by atoms with E-state index in [0.717, 1.165) is 0 Å². The van der Waals surface area contributed by atoms with Gasteiger partial charge in [0.2, 0.25) is 0 Å². The quantitative estimate of drug-likeness (QED) is 0.712. The van der Waals surface area contributed by atoms with Gasteiger partial charge in [-0.1, -0.05) is 0 Å². The van der Waals surface area contributed by atoms with E-state index in [0.29, 0.717) is 12.1 Å². The Morgan fingerprint density at radius 1 is 1.07 bits per heavy atom. The standard InChI is InChI=1S/C7H3F5O2S/c8-4-1-2-5(9)6(3-4)15(13,14)7(10,11)12/h1-3H. The van der Waals surface area contributed by atoms with Crippen LogP contribution in [-0.4, -0.2) is 13.9 Å². The van der Waals surface area contributed by atoms with Gasteiger partial charge >= 0.3 is 5.51 Å². The van der Waals surface area contributed by atoms with Gasteiger partial charge in [0.05, 0.1) is 0 Å². The van der Waals surface area contributed by atoms with Gasteiger partial charge in [0.15, 0.2) is 0 Å². The lowest BCUT2D eigenvalue weighted by molar-refractivity contribution is -0.0437. The van der Waals surface area contributed by atoms with Gasteiger partial charge in [0.25, 0.3) is 9.84 Å². The van der Waals surface area contributed by atoms with Gasteiger partial charge in [-0.25, -0.2) is 17.2 Å². The van der Waals surface area contributed by atoms with E-state index in [4.69, 9.17) is 0 Å². The van der Waals surface area contributed by atoms with Crippen LogP contribution in [0.3, 0.4) is 0 Å². The molecule has 2 nitrogen and oxygen atoms in total. The summed E-state index contributed by atoms with van der Waals surface area (Å²) in [6, 6.07) is 0.816. The molecule has 0 unspecified atom stereocenters. The highest BCUT2D eigenvalue weighted by Crippen LogP contribution is 2.31. The predicted octanol–water partition coefficient (Wildman–Crippen LogP) is 2.26. The van der Waals surface area contributed by atoms with Crippen molar-refractivity contribution < 1.29 is 30.4 Å². The molecule has 0 saturated heterocycles. The number of rotatable bonds is 1. The Balaban J connectivity index is 3.47. The van der Waals surface area contributed by atoms with E-state index in [1.165, 1.54) is 0 Å². The maximum Gasteiger partial charge on any atom is 0.502 e. The summed E-state index contributed by atoms with van der Waals surface area (Å²) in [7, 11) is -5.84. The van der Waals surface area contributed by atoms with Crippen LogP contribution in [-0.2, 0) is 9.84 Å². The Hall–Kier alpha value is -1.18. The van der Waals surface area contributed by atoms with Crippen LogP contribution in [0.2, 0.25) is 0 Å². The van der Waals surface area contributed by atoms with E-state index in [9.17, 15) is 30.4 Å². The van der Waals surface area contributed by atoms with Crippen molar-refractivity contribution in [1.29, 1.82) is 0 Å². The highest BCUT2D eigenvalue weighted by atomic mass is 32.2. The second-order valence-electron chi connectivity index (χ2n) is 2.52. The maximum atomic E-state index is 12.7. The lowest BCUT2D eigenvalue weighted by Gasteiger charge is -2.08. The molecular weight excluding hydrogens is 243 g/mol. The number of halogens is 5. The van der Waals surface area contributed by atoms with Crippen LogP contribution in [0.25, 0.3) is 0 Å². The predicted molar refractivity (Wildman–Crippen MR) is 39.6 cm³/mol. The van der Waals surface area contributed by atoms with Crippen molar-refractivity contribution in [3.63, 3.8) is 0 Å². The molecule has 8 heteroatoms. The minimum atomic E-state index is -5.84. The van der Waals surface area contributed by atoms with E-state index in [2.05, 4.69) is 0 Å². The maximum absolute atomic E-state index is 12.7. The summed E-state index contributed by atoms with van der Waals surface area (Å²) in [5, 5.41) is 0. The molecule has 84 valence electrons. The lowest BCUT2D eigenvalue weighted by Crippen LogP contribution is -2.24. The van der Waals surface area contributed by atoms with Gasteiger partial charge in [-0.15, -0.1) is 0 Å². The van der Waals surface area contributed by atoms with Crippen molar-refractivity contribution >= 4 is 9.84 Å². The Kier molecular flexibility index (Phi) is 2.73. The smallest absolute Gasteiger partial charge is 0.214 e. The molecule has 0 heterocycles. The zero-order chi connectivity index (χ0) is 11.9. The molecule has 0 aliphatic rings. The molecule has 0 fully saturated rings.